The Balaban J connectivity index is 3.01. The van der Waals surface area contributed by atoms with E-state index in [1.54, 1.807) is 6.92 Å². The van der Waals surface area contributed by atoms with Crippen LogP contribution in [0, 0.1) is 0 Å². The summed E-state index contributed by atoms with van der Waals surface area (Å²) in [6.07, 6.45) is -6.19. The first-order valence-corrected chi connectivity index (χ1v) is 7.27. The molecule has 2 atom stereocenters. The van der Waals surface area contributed by atoms with Crippen LogP contribution in [-0.4, -0.2) is 42.1 Å². The van der Waals surface area contributed by atoms with Crippen molar-refractivity contribution in [3.05, 3.63) is 29.8 Å². The van der Waals surface area contributed by atoms with Crippen LogP contribution in [0.25, 0.3) is 0 Å². The monoisotopic (exact) mass is 392 g/mol. The number of alkyl halides is 7. The van der Waals surface area contributed by atoms with Crippen molar-refractivity contribution in [2.75, 3.05) is 18.5 Å². The second-order valence-corrected chi connectivity index (χ2v) is 6.01. The zero-order chi connectivity index (χ0) is 19.6. The number of rotatable bonds is 5. The number of nitrogens with one attached hydrogen (secondary N) is 1. The standard InChI is InChI=1S/C14H15ClF6N2O2/c1-8(15)7-22-11(24)23(2)10-5-3-9(4-6-10)12(16,17)13(18,25)14(19,20)21/h3-6,8,25H,7H2,1-2H3,(H,22,24). The third-order valence-corrected chi connectivity index (χ3v) is 3.40. The van der Waals surface area contributed by atoms with E-state index in [4.69, 9.17) is 16.7 Å². The highest BCUT2D eigenvalue weighted by atomic mass is 35.5. The molecule has 0 aromatic heterocycles. The molecule has 25 heavy (non-hydrogen) atoms. The quantitative estimate of drug-likeness (QED) is 0.592. The minimum absolute atomic E-state index is 0.0497. The van der Waals surface area contributed by atoms with Gasteiger partial charge in [-0.15, -0.1) is 11.6 Å². The number of carbonyl (C=O) groups is 1. The van der Waals surface area contributed by atoms with Gasteiger partial charge in [0, 0.05) is 30.2 Å². The lowest BCUT2D eigenvalue weighted by molar-refractivity contribution is -0.390. The van der Waals surface area contributed by atoms with Gasteiger partial charge in [0.2, 0.25) is 0 Å². The van der Waals surface area contributed by atoms with E-state index in [2.05, 4.69) is 5.32 Å². The molecule has 0 fully saturated rings. The van der Waals surface area contributed by atoms with Crippen molar-refractivity contribution >= 4 is 23.3 Å². The summed E-state index contributed by atoms with van der Waals surface area (Å²) in [6, 6.07) is 2.11. The molecular weight excluding hydrogens is 378 g/mol. The zero-order valence-corrected chi connectivity index (χ0v) is 13.8. The Hall–Kier alpha value is -1.68. The second-order valence-electron chi connectivity index (χ2n) is 5.27. The van der Waals surface area contributed by atoms with Gasteiger partial charge in [-0.25, -0.2) is 4.79 Å². The molecule has 0 radical (unpaired) electrons. The molecule has 0 spiro atoms. The SMILES string of the molecule is CC(Cl)CNC(=O)N(C)c1ccc(C(F)(F)C(O)(F)C(F)(F)F)cc1. The average Bonchev–Trinajstić information content (AvgIpc) is 2.50. The fourth-order valence-corrected chi connectivity index (χ4v) is 1.80. The number of urea groups is 1. The Morgan fingerprint density at radius 3 is 2.08 bits per heavy atom. The van der Waals surface area contributed by atoms with Gasteiger partial charge in [0.1, 0.15) is 0 Å². The Morgan fingerprint density at radius 1 is 1.20 bits per heavy atom. The predicted octanol–water partition coefficient (Wildman–Crippen LogP) is 3.77. The Bertz CT molecular complexity index is 604. The lowest BCUT2D eigenvalue weighted by Crippen LogP contribution is -2.53. The second kappa shape index (κ2) is 7.28. The van der Waals surface area contributed by atoms with Crippen LogP contribution in [0.3, 0.4) is 0 Å². The van der Waals surface area contributed by atoms with Gasteiger partial charge in [0.25, 0.3) is 0 Å². The predicted molar refractivity (Wildman–Crippen MR) is 79.6 cm³/mol. The molecule has 2 unspecified atom stereocenters. The van der Waals surface area contributed by atoms with Crippen LogP contribution < -0.4 is 10.2 Å². The molecule has 11 heteroatoms. The summed E-state index contributed by atoms with van der Waals surface area (Å²) < 4.78 is 77.5. The Kier molecular flexibility index (Phi) is 6.22. The number of amides is 2. The van der Waals surface area contributed by atoms with E-state index in [1.807, 2.05) is 0 Å². The number of benzene rings is 1. The van der Waals surface area contributed by atoms with Crippen molar-refractivity contribution in [3.8, 4) is 0 Å². The summed E-state index contributed by atoms with van der Waals surface area (Å²) in [5.41, 5.74) is -1.35. The van der Waals surface area contributed by atoms with Crippen LogP contribution in [0.2, 0.25) is 0 Å². The molecule has 142 valence electrons. The molecule has 0 saturated heterocycles. The Morgan fingerprint density at radius 2 is 1.68 bits per heavy atom. The van der Waals surface area contributed by atoms with E-state index in [9.17, 15) is 31.1 Å². The number of carbonyl (C=O) groups excluding carboxylic acids is 1. The lowest BCUT2D eigenvalue weighted by Gasteiger charge is -2.30. The molecule has 1 aromatic rings. The highest BCUT2D eigenvalue weighted by Gasteiger charge is 2.71. The van der Waals surface area contributed by atoms with Gasteiger partial charge >= 0.3 is 24.0 Å². The van der Waals surface area contributed by atoms with Crippen molar-refractivity contribution in [2.45, 2.75) is 30.3 Å². The summed E-state index contributed by atoms with van der Waals surface area (Å²) in [5, 5.41) is 10.7. The highest BCUT2D eigenvalue weighted by Crippen LogP contribution is 2.49. The fraction of sp³-hybridized carbons (Fsp3) is 0.500. The summed E-state index contributed by atoms with van der Waals surface area (Å²) in [4.78, 5) is 12.8. The number of halogens is 7. The van der Waals surface area contributed by atoms with Crippen LogP contribution in [-0.2, 0) is 5.92 Å². The molecule has 0 aliphatic heterocycles. The van der Waals surface area contributed by atoms with Crippen LogP contribution in [0.4, 0.5) is 36.8 Å². The first kappa shape index (κ1) is 21.4. The molecule has 1 aromatic carbocycles. The van der Waals surface area contributed by atoms with Gasteiger partial charge in [-0.05, 0) is 19.1 Å². The number of anilines is 1. The van der Waals surface area contributed by atoms with E-state index < -0.39 is 29.5 Å². The van der Waals surface area contributed by atoms with E-state index >= 15 is 0 Å². The van der Waals surface area contributed by atoms with Gasteiger partial charge in [-0.2, -0.15) is 26.3 Å². The van der Waals surface area contributed by atoms with Crippen LogP contribution in [0.1, 0.15) is 12.5 Å². The van der Waals surface area contributed by atoms with Crippen molar-refractivity contribution in [1.29, 1.82) is 0 Å². The van der Waals surface area contributed by atoms with Crippen LogP contribution in [0.15, 0.2) is 24.3 Å². The maximum Gasteiger partial charge on any atom is 0.455 e. The van der Waals surface area contributed by atoms with E-state index in [0.717, 1.165) is 17.0 Å². The third-order valence-electron chi connectivity index (χ3n) is 3.25. The smallest absolute Gasteiger partial charge is 0.350 e. The largest absolute Gasteiger partial charge is 0.455 e. The number of nitrogens with zero attached hydrogens (tertiary/aromatic N) is 1. The topological polar surface area (TPSA) is 52.6 Å². The van der Waals surface area contributed by atoms with Crippen molar-refractivity contribution in [2.24, 2.45) is 0 Å². The molecule has 0 bridgehead atoms. The summed E-state index contributed by atoms with van der Waals surface area (Å²) in [6.45, 7) is 1.75. The van der Waals surface area contributed by atoms with E-state index in [1.165, 1.54) is 7.05 Å². The van der Waals surface area contributed by atoms with Gasteiger partial charge < -0.3 is 10.4 Å². The minimum atomic E-state index is -6.19. The minimum Gasteiger partial charge on any atom is -0.350 e. The van der Waals surface area contributed by atoms with Gasteiger partial charge in [0.05, 0.1) is 0 Å². The van der Waals surface area contributed by atoms with Gasteiger partial charge in [-0.3, -0.25) is 4.90 Å². The number of hydrogen-bond donors (Lipinski definition) is 2. The Labute approximate surface area is 144 Å². The molecule has 2 amide bonds. The summed E-state index contributed by atoms with van der Waals surface area (Å²) in [7, 11) is 1.28. The van der Waals surface area contributed by atoms with Gasteiger partial charge in [0.15, 0.2) is 0 Å². The maximum absolute atomic E-state index is 13.7. The number of hydrogen-bond acceptors (Lipinski definition) is 2. The highest BCUT2D eigenvalue weighted by molar-refractivity contribution is 6.20. The molecule has 1 rings (SSSR count). The zero-order valence-electron chi connectivity index (χ0n) is 13.0. The molecule has 0 saturated carbocycles. The fourth-order valence-electron chi connectivity index (χ4n) is 1.73. The third kappa shape index (κ3) is 4.49. The maximum atomic E-state index is 13.7. The van der Waals surface area contributed by atoms with E-state index in [0.29, 0.717) is 12.1 Å². The number of aliphatic hydroxyl groups is 1. The summed E-state index contributed by atoms with van der Waals surface area (Å²) in [5.74, 6) is -11.0. The van der Waals surface area contributed by atoms with Crippen LogP contribution >= 0.6 is 11.6 Å². The molecule has 0 heterocycles. The molecule has 2 N–H and O–H groups in total. The van der Waals surface area contributed by atoms with Crippen molar-refractivity contribution in [1.82, 2.24) is 5.32 Å². The summed E-state index contributed by atoms with van der Waals surface area (Å²) >= 11 is 5.66. The first-order chi connectivity index (χ1) is 11.2. The van der Waals surface area contributed by atoms with Crippen molar-refractivity contribution in [3.63, 3.8) is 0 Å². The molecular formula is C14H15ClF6N2O2. The average molecular weight is 393 g/mol. The molecule has 4 nitrogen and oxygen atoms in total. The van der Waals surface area contributed by atoms with Crippen molar-refractivity contribution < 1.29 is 36.2 Å². The lowest BCUT2D eigenvalue weighted by atomic mass is 10.0. The van der Waals surface area contributed by atoms with Crippen LogP contribution in [0.5, 0.6) is 0 Å². The normalized spacial score (nSPS) is 16.1. The first-order valence-electron chi connectivity index (χ1n) is 6.83. The van der Waals surface area contributed by atoms with Gasteiger partial charge in [-0.1, -0.05) is 12.1 Å². The molecule has 0 aliphatic carbocycles. The molecule has 0 aliphatic rings. The van der Waals surface area contributed by atoms with E-state index in [-0.39, 0.29) is 17.6 Å².